The van der Waals surface area contributed by atoms with Gasteiger partial charge in [-0.25, -0.2) is 4.98 Å². The quantitative estimate of drug-likeness (QED) is 0.461. The van der Waals surface area contributed by atoms with E-state index in [0.29, 0.717) is 18.9 Å². The summed E-state index contributed by atoms with van der Waals surface area (Å²) in [4.78, 5) is 27.8. The van der Waals surface area contributed by atoms with E-state index in [-0.39, 0.29) is 5.91 Å². The number of nitrogens with two attached hydrogens (primary N) is 1. The van der Waals surface area contributed by atoms with Gasteiger partial charge in [-0.3, -0.25) is 9.79 Å². The zero-order valence-electron chi connectivity index (χ0n) is 16.7. The molecule has 1 saturated heterocycles. The van der Waals surface area contributed by atoms with Crippen LogP contribution in [0.2, 0.25) is 0 Å². The van der Waals surface area contributed by atoms with Crippen LogP contribution in [0, 0.1) is 0 Å². The number of anilines is 1. The van der Waals surface area contributed by atoms with E-state index in [9.17, 15) is 4.79 Å². The van der Waals surface area contributed by atoms with Crippen LogP contribution in [-0.2, 0) is 17.8 Å². The van der Waals surface area contributed by atoms with Gasteiger partial charge in [-0.2, -0.15) is 0 Å². The molecule has 0 bridgehead atoms. The van der Waals surface area contributed by atoms with E-state index in [0.717, 1.165) is 57.2 Å². The van der Waals surface area contributed by atoms with Crippen molar-refractivity contribution in [2.24, 2.45) is 10.7 Å². The first-order valence-corrected chi connectivity index (χ1v) is 11.1. The lowest BCUT2D eigenvalue weighted by Crippen LogP contribution is -2.51. The molecule has 2 N–H and O–H groups in total. The number of aromatic nitrogens is 1. The Morgan fingerprint density at radius 3 is 2.66 bits per heavy atom. The Morgan fingerprint density at radius 2 is 1.90 bits per heavy atom. The molecule has 4 rings (SSSR count). The summed E-state index contributed by atoms with van der Waals surface area (Å²) < 4.78 is 0. The minimum atomic E-state index is 0.213. The van der Waals surface area contributed by atoms with Gasteiger partial charge in [-0.15, -0.1) is 11.3 Å². The zero-order valence-corrected chi connectivity index (χ0v) is 17.5. The van der Waals surface area contributed by atoms with Gasteiger partial charge in [0.25, 0.3) is 0 Å². The van der Waals surface area contributed by atoms with Crippen LogP contribution in [0.1, 0.15) is 24.0 Å². The van der Waals surface area contributed by atoms with E-state index in [1.807, 2.05) is 22.5 Å². The molecule has 2 aliphatic heterocycles. The van der Waals surface area contributed by atoms with Crippen molar-refractivity contribution in [2.75, 3.05) is 44.2 Å². The van der Waals surface area contributed by atoms with Gasteiger partial charge in [-0.1, -0.05) is 24.3 Å². The van der Waals surface area contributed by atoms with Gasteiger partial charge in [0, 0.05) is 63.8 Å². The Morgan fingerprint density at radius 1 is 1.10 bits per heavy atom. The highest BCUT2D eigenvalue weighted by Gasteiger charge is 2.21. The summed E-state index contributed by atoms with van der Waals surface area (Å²) in [6.07, 6.45) is 4.04. The summed E-state index contributed by atoms with van der Waals surface area (Å²) >= 11 is 1.67. The topological polar surface area (TPSA) is 78.1 Å². The molecular weight excluding hydrogens is 384 g/mol. The molecule has 0 unspecified atom stereocenters. The molecule has 1 aromatic heterocycles. The number of hydrogen-bond acceptors (Lipinski definition) is 5. The van der Waals surface area contributed by atoms with E-state index in [4.69, 9.17) is 5.73 Å². The number of amides is 1. The molecule has 29 heavy (non-hydrogen) atoms. The molecular formula is C21H28N6OS. The van der Waals surface area contributed by atoms with Crippen molar-refractivity contribution < 1.29 is 4.79 Å². The van der Waals surface area contributed by atoms with Gasteiger partial charge < -0.3 is 20.4 Å². The molecule has 0 aliphatic carbocycles. The van der Waals surface area contributed by atoms with Crippen LogP contribution in [-0.4, -0.2) is 65.9 Å². The van der Waals surface area contributed by atoms with Crippen LogP contribution in [0.4, 0.5) is 5.13 Å². The first kappa shape index (κ1) is 19.7. The van der Waals surface area contributed by atoms with Crippen LogP contribution in [0.5, 0.6) is 0 Å². The summed E-state index contributed by atoms with van der Waals surface area (Å²) in [5, 5.41) is 3.07. The van der Waals surface area contributed by atoms with Crippen molar-refractivity contribution in [1.29, 1.82) is 0 Å². The third-order valence-corrected chi connectivity index (χ3v) is 6.43. The zero-order chi connectivity index (χ0) is 20.1. The highest BCUT2D eigenvalue weighted by atomic mass is 32.1. The highest BCUT2D eigenvalue weighted by Crippen LogP contribution is 2.20. The smallest absolute Gasteiger partial charge is 0.222 e. The first-order chi connectivity index (χ1) is 14.2. The molecule has 1 aromatic carbocycles. The van der Waals surface area contributed by atoms with Gasteiger partial charge in [0.1, 0.15) is 0 Å². The molecule has 7 nitrogen and oxygen atoms in total. The number of thiazole rings is 1. The highest BCUT2D eigenvalue weighted by molar-refractivity contribution is 7.13. The number of carbonyl (C=O) groups is 1. The third-order valence-electron chi connectivity index (χ3n) is 5.60. The van der Waals surface area contributed by atoms with Crippen molar-refractivity contribution in [3.05, 3.63) is 47.0 Å². The third kappa shape index (κ3) is 4.87. The number of benzene rings is 1. The Kier molecular flexibility index (Phi) is 6.29. The van der Waals surface area contributed by atoms with Crippen molar-refractivity contribution in [3.63, 3.8) is 0 Å². The molecule has 0 saturated carbocycles. The number of carbonyl (C=O) groups excluding carboxylic acids is 1. The van der Waals surface area contributed by atoms with E-state index in [1.54, 1.807) is 11.3 Å². The SMILES string of the molecule is NC(=NCCCC(=O)N1CCc2ccccc2C1)N1CCN(c2nccs2)CC1. The maximum absolute atomic E-state index is 12.5. The van der Waals surface area contributed by atoms with Gasteiger partial charge in [0.15, 0.2) is 11.1 Å². The summed E-state index contributed by atoms with van der Waals surface area (Å²) in [6, 6.07) is 8.39. The van der Waals surface area contributed by atoms with Crippen LogP contribution in [0.3, 0.4) is 0 Å². The fraction of sp³-hybridized carbons (Fsp3) is 0.476. The lowest BCUT2D eigenvalue weighted by molar-refractivity contribution is -0.132. The predicted molar refractivity (Wildman–Crippen MR) is 117 cm³/mol. The molecule has 8 heteroatoms. The minimum Gasteiger partial charge on any atom is -0.370 e. The number of rotatable bonds is 5. The molecule has 0 radical (unpaired) electrons. The maximum atomic E-state index is 12.5. The minimum absolute atomic E-state index is 0.213. The average Bonchev–Trinajstić information content (AvgIpc) is 3.31. The predicted octanol–water partition coefficient (Wildman–Crippen LogP) is 1.94. The molecule has 0 atom stereocenters. The van der Waals surface area contributed by atoms with Crippen LogP contribution in [0.25, 0.3) is 0 Å². The van der Waals surface area contributed by atoms with Crippen LogP contribution in [0.15, 0.2) is 40.8 Å². The molecule has 2 aromatic rings. The van der Waals surface area contributed by atoms with E-state index >= 15 is 0 Å². The van der Waals surface area contributed by atoms with Crippen LogP contribution < -0.4 is 10.6 Å². The lowest BCUT2D eigenvalue weighted by atomic mass is 9.99. The average molecular weight is 413 g/mol. The van der Waals surface area contributed by atoms with Gasteiger partial charge >= 0.3 is 0 Å². The molecule has 1 fully saturated rings. The lowest BCUT2D eigenvalue weighted by Gasteiger charge is -2.35. The fourth-order valence-corrected chi connectivity index (χ4v) is 4.59. The number of nitrogens with zero attached hydrogens (tertiary/aromatic N) is 5. The number of hydrogen-bond donors (Lipinski definition) is 1. The molecule has 2 aliphatic rings. The fourth-order valence-electron chi connectivity index (χ4n) is 3.89. The van der Waals surface area contributed by atoms with Crippen molar-refractivity contribution in [3.8, 4) is 0 Å². The molecule has 3 heterocycles. The normalized spacial score (nSPS) is 17.4. The van der Waals surface area contributed by atoms with E-state index in [1.165, 1.54) is 11.1 Å². The second kappa shape index (κ2) is 9.26. The van der Waals surface area contributed by atoms with E-state index < -0.39 is 0 Å². The largest absolute Gasteiger partial charge is 0.370 e. The summed E-state index contributed by atoms with van der Waals surface area (Å²) in [7, 11) is 0. The Labute approximate surface area is 175 Å². The van der Waals surface area contributed by atoms with Crippen molar-refractivity contribution >= 4 is 28.3 Å². The van der Waals surface area contributed by atoms with E-state index in [2.05, 4.69) is 38.0 Å². The second-order valence-corrected chi connectivity index (χ2v) is 8.34. The number of guanidine groups is 1. The van der Waals surface area contributed by atoms with Gasteiger partial charge in [0.05, 0.1) is 0 Å². The maximum Gasteiger partial charge on any atom is 0.222 e. The van der Waals surface area contributed by atoms with Gasteiger partial charge in [0.2, 0.25) is 5.91 Å². The number of piperazine rings is 1. The number of fused-ring (bicyclic) bond motifs is 1. The monoisotopic (exact) mass is 412 g/mol. The Hall–Kier alpha value is -2.61. The summed E-state index contributed by atoms with van der Waals surface area (Å²) in [5.74, 6) is 0.800. The molecule has 154 valence electrons. The second-order valence-electron chi connectivity index (χ2n) is 7.47. The first-order valence-electron chi connectivity index (χ1n) is 10.2. The number of aliphatic imine (C=N–C) groups is 1. The molecule has 0 spiro atoms. The Bertz CT molecular complexity index is 845. The Balaban J connectivity index is 1.18. The summed E-state index contributed by atoms with van der Waals surface area (Å²) in [5.41, 5.74) is 8.81. The standard InChI is InChI=1S/C21H28N6OS/c22-20(25-11-13-26(14-12-25)21-24-9-15-29-21)23-8-3-6-19(28)27-10-7-17-4-1-2-5-18(17)16-27/h1-2,4-5,9,15H,3,6-8,10-14,16H2,(H2,22,23). The van der Waals surface area contributed by atoms with Crippen molar-refractivity contribution in [2.45, 2.75) is 25.8 Å². The van der Waals surface area contributed by atoms with Crippen molar-refractivity contribution in [1.82, 2.24) is 14.8 Å². The summed E-state index contributed by atoms with van der Waals surface area (Å²) in [6.45, 7) is 5.63. The van der Waals surface area contributed by atoms with Gasteiger partial charge in [-0.05, 0) is 24.0 Å². The van der Waals surface area contributed by atoms with Crippen LogP contribution >= 0.6 is 11.3 Å². The molecule has 1 amide bonds.